The van der Waals surface area contributed by atoms with Gasteiger partial charge in [0, 0.05) is 30.7 Å². The topological polar surface area (TPSA) is 84.2 Å². The van der Waals surface area contributed by atoms with Crippen LogP contribution < -0.4 is 0 Å². The van der Waals surface area contributed by atoms with E-state index in [0.717, 1.165) is 50.1 Å². The van der Waals surface area contributed by atoms with Crippen molar-refractivity contribution in [3.8, 4) is 11.5 Å². The Balaban J connectivity index is 0.00000155. The van der Waals surface area contributed by atoms with Gasteiger partial charge in [-0.2, -0.15) is 0 Å². The molecule has 4 atom stereocenters. The van der Waals surface area contributed by atoms with Gasteiger partial charge in [-0.05, 0) is 68.5 Å². The number of phenolic OH excluding ortho intramolecular Hbond substituents is 2. The van der Waals surface area contributed by atoms with Crippen LogP contribution in [0.15, 0.2) is 12.1 Å². The minimum absolute atomic E-state index is 0.0231. The van der Waals surface area contributed by atoms with E-state index in [1.807, 2.05) is 13.0 Å². The van der Waals surface area contributed by atoms with Gasteiger partial charge >= 0.3 is 0 Å². The highest BCUT2D eigenvalue weighted by Gasteiger charge is 2.49. The molecule has 0 bridgehead atoms. The Morgan fingerprint density at radius 3 is 2.30 bits per heavy atom. The zero-order chi connectivity index (χ0) is 22.5. The van der Waals surface area contributed by atoms with Crippen LogP contribution >= 0.6 is 0 Å². The summed E-state index contributed by atoms with van der Waals surface area (Å²) in [4.78, 5) is 2.64. The van der Waals surface area contributed by atoms with Gasteiger partial charge < -0.3 is 20.4 Å². The molecule has 5 nitrogen and oxygen atoms in total. The monoisotopic (exact) mass is 421 g/mol. The van der Waals surface area contributed by atoms with Gasteiger partial charge in [0.05, 0.1) is 6.10 Å². The van der Waals surface area contributed by atoms with Crippen molar-refractivity contribution in [1.29, 1.82) is 0 Å². The average molecular weight is 422 g/mol. The van der Waals surface area contributed by atoms with Crippen LogP contribution in [0.5, 0.6) is 11.5 Å². The SMILES string of the molecule is CC[C@H](O)CC1(CC)c2c(ccc(O)c2O)CC(N(CC)CC2CCC2)C1C.CO. The number of aliphatic hydroxyl groups excluding tert-OH is 2. The Morgan fingerprint density at radius 2 is 1.80 bits per heavy atom. The largest absolute Gasteiger partial charge is 0.504 e. The minimum atomic E-state index is -0.405. The lowest BCUT2D eigenvalue weighted by Crippen LogP contribution is -2.55. The Morgan fingerprint density at radius 1 is 1.13 bits per heavy atom. The molecule has 2 aliphatic rings. The Bertz CT molecular complexity index is 675. The van der Waals surface area contributed by atoms with Gasteiger partial charge in [0.2, 0.25) is 0 Å². The highest BCUT2D eigenvalue weighted by molar-refractivity contribution is 5.55. The maximum Gasteiger partial charge on any atom is 0.161 e. The maximum atomic E-state index is 10.8. The smallest absolute Gasteiger partial charge is 0.161 e. The predicted molar refractivity (Wildman–Crippen MR) is 122 cm³/mol. The molecule has 3 rings (SSSR count). The summed E-state index contributed by atoms with van der Waals surface area (Å²) in [6.45, 7) is 10.9. The van der Waals surface area contributed by atoms with Gasteiger partial charge in [-0.15, -0.1) is 0 Å². The molecule has 0 radical (unpaired) electrons. The fraction of sp³-hybridized carbons (Fsp3) is 0.760. The molecule has 5 heteroatoms. The van der Waals surface area contributed by atoms with Gasteiger partial charge in [-0.1, -0.05) is 40.2 Å². The Kier molecular flexibility index (Phi) is 9.01. The molecule has 3 unspecified atom stereocenters. The second-order valence-corrected chi connectivity index (χ2v) is 9.19. The highest BCUT2D eigenvalue weighted by atomic mass is 16.3. The Hall–Kier alpha value is -1.30. The van der Waals surface area contributed by atoms with Crippen molar-refractivity contribution < 1.29 is 20.4 Å². The van der Waals surface area contributed by atoms with Gasteiger partial charge in [-0.3, -0.25) is 4.90 Å². The third kappa shape index (κ3) is 4.63. The first-order chi connectivity index (χ1) is 14.4. The summed E-state index contributed by atoms with van der Waals surface area (Å²) in [5.41, 5.74) is 1.69. The first kappa shape index (κ1) is 25.0. The van der Waals surface area contributed by atoms with Crippen LogP contribution in [-0.4, -0.2) is 57.7 Å². The molecule has 1 saturated carbocycles. The fourth-order valence-electron chi connectivity index (χ4n) is 5.79. The molecular formula is C25H43NO4. The second kappa shape index (κ2) is 10.8. The van der Waals surface area contributed by atoms with E-state index >= 15 is 0 Å². The summed E-state index contributed by atoms with van der Waals surface area (Å²) in [5.74, 6) is 1.09. The molecule has 30 heavy (non-hydrogen) atoms. The van der Waals surface area contributed by atoms with Crippen molar-refractivity contribution in [2.45, 2.75) is 90.2 Å². The normalized spacial score (nSPS) is 27.1. The lowest BCUT2D eigenvalue weighted by molar-refractivity contribution is 0.0309. The minimum Gasteiger partial charge on any atom is -0.504 e. The zero-order valence-corrected chi connectivity index (χ0v) is 19.6. The number of hydrogen-bond acceptors (Lipinski definition) is 5. The molecule has 0 spiro atoms. The lowest BCUT2D eigenvalue weighted by Gasteiger charge is -2.52. The zero-order valence-electron chi connectivity index (χ0n) is 19.6. The van der Waals surface area contributed by atoms with Crippen LogP contribution in [0.1, 0.15) is 77.3 Å². The van der Waals surface area contributed by atoms with E-state index in [-0.39, 0.29) is 16.9 Å². The summed E-state index contributed by atoms with van der Waals surface area (Å²) in [7, 11) is 1.00. The van der Waals surface area contributed by atoms with Crippen LogP contribution in [0.25, 0.3) is 0 Å². The number of nitrogens with zero attached hydrogens (tertiary/aromatic N) is 1. The van der Waals surface area contributed by atoms with Crippen LogP contribution in [0.2, 0.25) is 0 Å². The Labute approximate surface area is 182 Å². The molecule has 0 amide bonds. The number of likely N-dealkylation sites (N-methyl/N-ethyl adjacent to an activating group) is 1. The molecule has 172 valence electrons. The summed E-state index contributed by atoms with van der Waals surface area (Å²) < 4.78 is 0. The molecule has 1 fully saturated rings. The van der Waals surface area contributed by atoms with Crippen molar-refractivity contribution in [1.82, 2.24) is 4.90 Å². The van der Waals surface area contributed by atoms with E-state index in [0.29, 0.717) is 24.8 Å². The van der Waals surface area contributed by atoms with Crippen molar-refractivity contribution in [3.63, 3.8) is 0 Å². The van der Waals surface area contributed by atoms with Crippen LogP contribution in [0.4, 0.5) is 0 Å². The van der Waals surface area contributed by atoms with Gasteiger partial charge in [-0.25, -0.2) is 0 Å². The molecule has 4 N–H and O–H groups in total. The molecule has 0 saturated heterocycles. The maximum absolute atomic E-state index is 10.8. The number of rotatable bonds is 8. The van der Waals surface area contributed by atoms with Gasteiger partial charge in [0.15, 0.2) is 11.5 Å². The van der Waals surface area contributed by atoms with E-state index in [2.05, 4.69) is 25.7 Å². The van der Waals surface area contributed by atoms with E-state index in [9.17, 15) is 15.3 Å². The number of benzene rings is 1. The third-order valence-electron chi connectivity index (χ3n) is 7.91. The first-order valence-electron chi connectivity index (χ1n) is 11.8. The predicted octanol–water partition coefficient (Wildman–Crippen LogP) is 4.20. The summed E-state index contributed by atoms with van der Waals surface area (Å²) in [6.07, 6.45) is 6.71. The van der Waals surface area contributed by atoms with Crippen LogP contribution in [0, 0.1) is 11.8 Å². The standard InChI is InChI=1S/C24H39NO3.CH4O/c1-5-19(26)14-24(6-2)16(4)20(25(7-3)15-17-9-8-10-17)13-18-11-12-21(27)23(28)22(18)24;1-2/h11-12,16-17,19-20,26-28H,5-10,13-15H2,1-4H3;2H,1H3/t16?,19-,20?,24?;/m0./s1. The van der Waals surface area contributed by atoms with Crippen LogP contribution in [-0.2, 0) is 11.8 Å². The third-order valence-corrected chi connectivity index (χ3v) is 7.91. The fourth-order valence-corrected chi connectivity index (χ4v) is 5.79. The van der Waals surface area contributed by atoms with E-state index in [4.69, 9.17) is 5.11 Å². The molecule has 1 aromatic carbocycles. The average Bonchev–Trinajstić information content (AvgIpc) is 2.73. The first-order valence-corrected chi connectivity index (χ1v) is 11.8. The van der Waals surface area contributed by atoms with Crippen molar-refractivity contribution in [2.75, 3.05) is 20.2 Å². The number of hydrogen-bond donors (Lipinski definition) is 4. The second-order valence-electron chi connectivity index (χ2n) is 9.19. The van der Waals surface area contributed by atoms with Crippen molar-refractivity contribution in [2.24, 2.45) is 11.8 Å². The van der Waals surface area contributed by atoms with Crippen LogP contribution in [0.3, 0.4) is 0 Å². The lowest BCUT2D eigenvalue weighted by atomic mass is 9.57. The van der Waals surface area contributed by atoms with Crippen molar-refractivity contribution >= 4 is 0 Å². The molecule has 0 heterocycles. The molecule has 1 aromatic rings. The summed E-state index contributed by atoms with van der Waals surface area (Å²) in [5, 5.41) is 38.7. The quantitative estimate of drug-likeness (QED) is 0.473. The number of fused-ring (bicyclic) bond motifs is 1. The molecule has 0 aliphatic heterocycles. The summed E-state index contributed by atoms with van der Waals surface area (Å²) >= 11 is 0. The van der Waals surface area contributed by atoms with E-state index < -0.39 is 6.10 Å². The highest BCUT2D eigenvalue weighted by Crippen LogP contribution is 2.53. The van der Waals surface area contributed by atoms with E-state index in [1.165, 1.54) is 19.3 Å². The number of aromatic hydroxyl groups is 2. The van der Waals surface area contributed by atoms with Gasteiger partial charge in [0.25, 0.3) is 0 Å². The molecular weight excluding hydrogens is 378 g/mol. The van der Waals surface area contributed by atoms with Gasteiger partial charge in [0.1, 0.15) is 0 Å². The number of phenols is 2. The summed E-state index contributed by atoms with van der Waals surface area (Å²) in [6, 6.07) is 4.01. The van der Waals surface area contributed by atoms with Crippen molar-refractivity contribution in [3.05, 3.63) is 23.3 Å². The number of aliphatic hydroxyl groups is 2. The molecule has 0 aromatic heterocycles. The van der Waals surface area contributed by atoms with E-state index in [1.54, 1.807) is 6.07 Å². The molecule has 2 aliphatic carbocycles.